The number of rotatable bonds is 7. The number of hydrogen-bond donors (Lipinski definition) is 0. The van der Waals surface area contributed by atoms with Gasteiger partial charge in [0.2, 0.25) is 5.91 Å². The molecule has 32 heavy (non-hydrogen) atoms. The Kier molecular flexibility index (Phi) is 8.39. The van der Waals surface area contributed by atoms with Gasteiger partial charge in [0, 0.05) is 44.5 Å². The van der Waals surface area contributed by atoms with Crippen LogP contribution in [0.1, 0.15) is 24.1 Å². The fourth-order valence-corrected chi connectivity index (χ4v) is 3.51. The van der Waals surface area contributed by atoms with E-state index in [1.807, 2.05) is 35.2 Å². The molecule has 8 heteroatoms. The largest absolute Gasteiger partial charge is 0.490 e. The van der Waals surface area contributed by atoms with Gasteiger partial charge in [-0.1, -0.05) is 12.1 Å². The highest BCUT2D eigenvalue weighted by Crippen LogP contribution is 2.23. The molecule has 1 fully saturated rings. The molecule has 0 atom stereocenters. The minimum atomic E-state index is -0.272. The van der Waals surface area contributed by atoms with Gasteiger partial charge in [0.1, 0.15) is 30.0 Å². The van der Waals surface area contributed by atoms with Gasteiger partial charge in [-0.3, -0.25) is 14.8 Å². The van der Waals surface area contributed by atoms with E-state index >= 15 is 0 Å². The number of carbonyl (C=O) groups excluding carboxylic acids is 1. The lowest BCUT2D eigenvalue weighted by Crippen LogP contribution is -2.42. The van der Waals surface area contributed by atoms with Crippen LogP contribution in [0.15, 0.2) is 67.1 Å². The average Bonchev–Trinajstić information content (AvgIpc) is 2.80. The quantitative estimate of drug-likeness (QED) is 0.531. The number of aromatic nitrogens is 2. The van der Waals surface area contributed by atoms with Crippen LogP contribution in [-0.4, -0.2) is 40.0 Å². The van der Waals surface area contributed by atoms with E-state index in [4.69, 9.17) is 9.47 Å². The number of piperidine rings is 1. The predicted molar refractivity (Wildman–Crippen MR) is 120 cm³/mol. The highest BCUT2D eigenvalue weighted by Gasteiger charge is 2.24. The minimum absolute atomic E-state index is 0. The Morgan fingerprint density at radius 3 is 2.50 bits per heavy atom. The molecule has 0 spiro atoms. The summed E-state index contributed by atoms with van der Waals surface area (Å²) in [6.07, 6.45) is 6.73. The topological polar surface area (TPSA) is 64.6 Å². The van der Waals surface area contributed by atoms with Crippen molar-refractivity contribution in [3.8, 4) is 11.5 Å². The van der Waals surface area contributed by atoms with Crippen molar-refractivity contribution in [1.82, 2.24) is 14.9 Å². The Morgan fingerprint density at radius 2 is 1.81 bits per heavy atom. The van der Waals surface area contributed by atoms with Crippen LogP contribution in [0.2, 0.25) is 0 Å². The third-order valence-electron chi connectivity index (χ3n) is 5.16. The minimum Gasteiger partial charge on any atom is -0.490 e. The number of amides is 1. The van der Waals surface area contributed by atoms with E-state index in [0.29, 0.717) is 31.1 Å². The molecule has 1 amide bonds. The van der Waals surface area contributed by atoms with Crippen LogP contribution in [0.25, 0.3) is 0 Å². The van der Waals surface area contributed by atoms with E-state index in [-0.39, 0.29) is 36.7 Å². The molecule has 0 unspecified atom stereocenters. The first-order chi connectivity index (χ1) is 15.2. The molecule has 2 aromatic carbocycles. The molecular weight excluding hydrogens is 433 g/mol. The second-order valence-corrected chi connectivity index (χ2v) is 7.46. The lowest BCUT2D eigenvalue weighted by atomic mass is 10.1. The maximum Gasteiger partial charge on any atom is 0.228 e. The molecule has 1 saturated heterocycles. The highest BCUT2D eigenvalue weighted by molar-refractivity contribution is 5.85. The smallest absolute Gasteiger partial charge is 0.228 e. The number of likely N-dealkylation sites (tertiary alicyclic amines) is 1. The molecule has 6 nitrogen and oxygen atoms in total. The van der Waals surface area contributed by atoms with Gasteiger partial charge < -0.3 is 14.4 Å². The zero-order valence-electron chi connectivity index (χ0n) is 17.5. The average molecular weight is 458 g/mol. The van der Waals surface area contributed by atoms with Gasteiger partial charge in [-0.2, -0.15) is 0 Å². The fourth-order valence-electron chi connectivity index (χ4n) is 3.51. The summed E-state index contributed by atoms with van der Waals surface area (Å²) in [6, 6.07) is 13.8. The molecule has 2 heterocycles. The van der Waals surface area contributed by atoms with Gasteiger partial charge in [-0.15, -0.1) is 12.4 Å². The first-order valence-electron chi connectivity index (χ1n) is 10.3. The van der Waals surface area contributed by atoms with Gasteiger partial charge in [-0.05, 0) is 42.0 Å². The van der Waals surface area contributed by atoms with Gasteiger partial charge in [-0.25, -0.2) is 4.39 Å². The Hall–Kier alpha value is -3.19. The number of hydrogen-bond acceptors (Lipinski definition) is 5. The number of benzene rings is 2. The molecule has 0 radical (unpaired) electrons. The molecule has 0 N–H and O–H groups in total. The molecule has 3 aromatic rings. The lowest BCUT2D eigenvalue weighted by Gasteiger charge is -2.32. The van der Waals surface area contributed by atoms with Crippen molar-refractivity contribution in [2.45, 2.75) is 32.0 Å². The Morgan fingerprint density at radius 1 is 1.06 bits per heavy atom. The summed E-state index contributed by atoms with van der Waals surface area (Å²) < 4.78 is 25.0. The summed E-state index contributed by atoms with van der Waals surface area (Å²) in [5.41, 5.74) is 1.46. The van der Waals surface area contributed by atoms with E-state index in [1.54, 1.807) is 24.7 Å². The van der Waals surface area contributed by atoms with Crippen LogP contribution in [0.4, 0.5) is 4.39 Å². The summed E-state index contributed by atoms with van der Waals surface area (Å²) in [7, 11) is 0. The van der Waals surface area contributed by atoms with Crippen molar-refractivity contribution < 1.29 is 18.7 Å². The number of carbonyl (C=O) groups is 1. The van der Waals surface area contributed by atoms with Gasteiger partial charge in [0.05, 0.1) is 12.1 Å². The van der Waals surface area contributed by atoms with Gasteiger partial charge in [0.15, 0.2) is 0 Å². The van der Waals surface area contributed by atoms with Crippen molar-refractivity contribution >= 4 is 18.3 Å². The van der Waals surface area contributed by atoms with E-state index in [0.717, 1.165) is 24.2 Å². The number of ether oxygens (including phenoxy) is 2. The third-order valence-corrected chi connectivity index (χ3v) is 5.16. The fraction of sp³-hybridized carbons (Fsp3) is 0.292. The number of halogens is 2. The third kappa shape index (κ3) is 6.65. The second kappa shape index (κ2) is 11.4. The van der Waals surface area contributed by atoms with Crippen LogP contribution in [-0.2, 0) is 17.8 Å². The van der Waals surface area contributed by atoms with Crippen LogP contribution in [0, 0.1) is 5.82 Å². The van der Waals surface area contributed by atoms with E-state index in [2.05, 4.69) is 9.97 Å². The molecule has 1 aliphatic heterocycles. The van der Waals surface area contributed by atoms with Crippen LogP contribution >= 0.6 is 12.4 Å². The Labute approximate surface area is 192 Å². The summed E-state index contributed by atoms with van der Waals surface area (Å²) in [4.78, 5) is 22.5. The van der Waals surface area contributed by atoms with Crippen LogP contribution in [0.5, 0.6) is 11.5 Å². The zero-order chi connectivity index (χ0) is 21.5. The van der Waals surface area contributed by atoms with E-state index in [1.165, 1.54) is 12.1 Å². The first-order valence-corrected chi connectivity index (χ1v) is 10.3. The highest BCUT2D eigenvalue weighted by atomic mass is 35.5. The molecule has 1 aromatic heterocycles. The van der Waals surface area contributed by atoms with Crippen molar-refractivity contribution in [2.24, 2.45) is 0 Å². The maximum absolute atomic E-state index is 13.2. The summed E-state index contributed by atoms with van der Waals surface area (Å²) in [5.74, 6) is 1.26. The van der Waals surface area contributed by atoms with Crippen molar-refractivity contribution in [1.29, 1.82) is 0 Å². The first kappa shape index (κ1) is 23.5. The van der Waals surface area contributed by atoms with E-state index in [9.17, 15) is 9.18 Å². The molecule has 0 bridgehead atoms. The van der Waals surface area contributed by atoms with Gasteiger partial charge in [0.25, 0.3) is 0 Å². The summed E-state index contributed by atoms with van der Waals surface area (Å²) in [6.45, 7) is 1.64. The van der Waals surface area contributed by atoms with Crippen LogP contribution in [0.3, 0.4) is 0 Å². The summed E-state index contributed by atoms with van der Waals surface area (Å²) >= 11 is 0. The summed E-state index contributed by atoms with van der Waals surface area (Å²) in [5, 5.41) is 0. The molecule has 1 aliphatic rings. The van der Waals surface area contributed by atoms with Crippen molar-refractivity contribution in [2.75, 3.05) is 13.1 Å². The molecule has 168 valence electrons. The monoisotopic (exact) mass is 457 g/mol. The second-order valence-electron chi connectivity index (χ2n) is 7.46. The lowest BCUT2D eigenvalue weighted by molar-refractivity contribution is -0.132. The van der Waals surface area contributed by atoms with E-state index < -0.39 is 0 Å². The standard InChI is InChI=1S/C24H24FN3O3.ClH/c25-19-3-1-2-18(14-19)17-30-21-4-6-22(7-5-21)31-23-8-12-28(13-9-23)24(29)15-20-16-26-10-11-27-20;/h1-7,10-11,14,16,23H,8-9,12-13,15,17H2;1H. The molecular formula is C24H25ClFN3O3. The Balaban J connectivity index is 0.00000289. The van der Waals surface area contributed by atoms with Crippen molar-refractivity contribution in [3.05, 3.63) is 84.2 Å². The zero-order valence-corrected chi connectivity index (χ0v) is 18.3. The SMILES string of the molecule is Cl.O=C(Cc1cnccn1)N1CCC(Oc2ccc(OCc3cccc(F)c3)cc2)CC1. The van der Waals surface area contributed by atoms with Crippen molar-refractivity contribution in [3.63, 3.8) is 0 Å². The normalized spacial score (nSPS) is 13.8. The van der Waals surface area contributed by atoms with Crippen LogP contribution < -0.4 is 9.47 Å². The maximum atomic E-state index is 13.2. The Bertz CT molecular complexity index is 997. The molecule has 4 rings (SSSR count). The predicted octanol–water partition coefficient (Wildman–Crippen LogP) is 4.23. The van der Waals surface area contributed by atoms with Gasteiger partial charge >= 0.3 is 0 Å². The molecule has 0 aliphatic carbocycles. The molecule has 0 saturated carbocycles. The number of nitrogens with zero attached hydrogens (tertiary/aromatic N) is 3.